The van der Waals surface area contributed by atoms with Crippen molar-refractivity contribution in [2.45, 2.75) is 38.8 Å². The summed E-state index contributed by atoms with van der Waals surface area (Å²) in [5, 5.41) is 9.14. The molecule has 166 valence electrons. The molecule has 2 heterocycles. The fraction of sp³-hybridized carbons (Fsp3) is 0.522. The first kappa shape index (κ1) is 24.9. The van der Waals surface area contributed by atoms with Gasteiger partial charge in [-0.2, -0.15) is 0 Å². The quantitative estimate of drug-likeness (QED) is 0.284. The number of halogens is 1. The van der Waals surface area contributed by atoms with E-state index in [1.807, 2.05) is 0 Å². The molecule has 5 nitrogen and oxygen atoms in total. The number of rotatable bonds is 8. The van der Waals surface area contributed by atoms with Crippen LogP contribution >= 0.6 is 35.3 Å². The molecule has 2 unspecified atom stereocenters. The molecule has 1 aromatic heterocycles. The second kappa shape index (κ2) is 12.5. The molecule has 1 aromatic carbocycles. The molecule has 1 aliphatic rings. The zero-order valence-electron chi connectivity index (χ0n) is 18.6. The maximum atomic E-state index is 4.91. The summed E-state index contributed by atoms with van der Waals surface area (Å²) in [4.78, 5) is 11.0. The van der Waals surface area contributed by atoms with Gasteiger partial charge in [0.2, 0.25) is 0 Å². The number of likely N-dealkylation sites (N-methyl/N-ethyl adjacent to an activating group) is 1. The highest BCUT2D eigenvalue weighted by molar-refractivity contribution is 14.0. The number of hydrogen-bond acceptors (Lipinski definition) is 4. The summed E-state index contributed by atoms with van der Waals surface area (Å²) in [6, 6.07) is 13.7. The van der Waals surface area contributed by atoms with E-state index >= 15 is 0 Å². The number of nitrogens with one attached hydrogen (secondary N) is 2. The molecule has 2 atom stereocenters. The summed E-state index contributed by atoms with van der Waals surface area (Å²) in [5.41, 5.74) is 2.63. The Labute approximate surface area is 203 Å². The van der Waals surface area contributed by atoms with Gasteiger partial charge >= 0.3 is 0 Å². The van der Waals surface area contributed by atoms with Crippen molar-refractivity contribution >= 4 is 47.0 Å². The van der Waals surface area contributed by atoms with E-state index in [2.05, 4.69) is 90.2 Å². The molecule has 30 heavy (non-hydrogen) atoms. The highest BCUT2D eigenvalue weighted by Gasteiger charge is 2.17. The van der Waals surface area contributed by atoms with Crippen LogP contribution in [0.4, 0.5) is 5.69 Å². The Balaban J connectivity index is 0.00000320. The van der Waals surface area contributed by atoms with E-state index in [0.717, 1.165) is 19.0 Å². The van der Waals surface area contributed by atoms with E-state index in [4.69, 9.17) is 4.99 Å². The summed E-state index contributed by atoms with van der Waals surface area (Å²) >= 11 is 1.79. The van der Waals surface area contributed by atoms with Gasteiger partial charge in [0.25, 0.3) is 0 Å². The number of benzene rings is 1. The van der Waals surface area contributed by atoms with Crippen LogP contribution in [0.2, 0.25) is 0 Å². The second-order valence-electron chi connectivity index (χ2n) is 7.87. The monoisotopic (exact) mass is 541 g/mol. The summed E-state index contributed by atoms with van der Waals surface area (Å²) in [7, 11) is 4.24. The maximum absolute atomic E-state index is 4.91. The second-order valence-corrected chi connectivity index (χ2v) is 8.85. The highest BCUT2D eigenvalue weighted by atomic mass is 127. The van der Waals surface area contributed by atoms with Crippen LogP contribution in [-0.2, 0) is 0 Å². The van der Waals surface area contributed by atoms with Crippen LogP contribution in [0.3, 0.4) is 0 Å². The normalized spacial score (nSPS) is 16.3. The summed E-state index contributed by atoms with van der Waals surface area (Å²) < 4.78 is 0. The predicted octanol–water partition coefficient (Wildman–Crippen LogP) is 4.89. The molecular weight excluding hydrogens is 505 g/mol. The number of thiophene rings is 1. The topological polar surface area (TPSA) is 42.9 Å². The third-order valence-corrected chi connectivity index (χ3v) is 6.43. The minimum Gasteiger partial charge on any atom is -0.372 e. The Bertz CT molecular complexity index is 772. The molecule has 0 spiro atoms. The van der Waals surface area contributed by atoms with Gasteiger partial charge in [-0.3, -0.25) is 4.99 Å². The zero-order valence-corrected chi connectivity index (χ0v) is 21.7. The van der Waals surface area contributed by atoms with Crippen LogP contribution in [0.1, 0.15) is 49.2 Å². The molecule has 0 bridgehead atoms. The standard InChI is InChI=1S/C23H35N5S.HI/c1-5-24-23(25-17-21(27(3)4)22-12-9-15-29-22)26-18(2)19-10-8-11-20(16-19)28-13-6-7-14-28;/h8-12,15-16,18,21H,5-7,13-14,17H2,1-4H3,(H2,24,25,26);1H. The van der Waals surface area contributed by atoms with Gasteiger partial charge in [0.1, 0.15) is 0 Å². The van der Waals surface area contributed by atoms with Crippen LogP contribution in [0.5, 0.6) is 0 Å². The number of aliphatic imine (C=N–C) groups is 1. The first-order valence-corrected chi connectivity index (χ1v) is 11.6. The van der Waals surface area contributed by atoms with E-state index in [0.29, 0.717) is 6.04 Å². The average Bonchev–Trinajstić information content (AvgIpc) is 3.42. The van der Waals surface area contributed by atoms with Gasteiger partial charge in [-0.1, -0.05) is 18.2 Å². The molecule has 1 aliphatic heterocycles. The number of hydrogen-bond donors (Lipinski definition) is 2. The molecular formula is C23H36IN5S. The molecule has 1 fully saturated rings. The van der Waals surface area contributed by atoms with E-state index in [1.54, 1.807) is 11.3 Å². The Kier molecular flexibility index (Phi) is 10.4. The summed E-state index contributed by atoms with van der Waals surface area (Å²) in [6.07, 6.45) is 2.60. The van der Waals surface area contributed by atoms with Crippen molar-refractivity contribution in [1.29, 1.82) is 0 Å². The van der Waals surface area contributed by atoms with Crippen molar-refractivity contribution in [2.75, 3.05) is 45.2 Å². The third-order valence-electron chi connectivity index (χ3n) is 5.46. The first-order chi connectivity index (χ1) is 14.1. The molecule has 1 saturated heterocycles. The molecule has 3 rings (SSSR count). The molecule has 0 aliphatic carbocycles. The SMILES string of the molecule is CCNC(=NCC(c1cccs1)N(C)C)NC(C)c1cccc(N2CCCC2)c1.I. The smallest absolute Gasteiger partial charge is 0.191 e. The number of nitrogens with zero attached hydrogens (tertiary/aromatic N) is 3. The van der Waals surface area contributed by atoms with Crippen LogP contribution in [-0.4, -0.2) is 51.1 Å². The number of guanidine groups is 1. The lowest BCUT2D eigenvalue weighted by molar-refractivity contribution is 0.310. The van der Waals surface area contributed by atoms with Gasteiger partial charge in [-0.25, -0.2) is 0 Å². The number of anilines is 1. The van der Waals surface area contributed by atoms with Gasteiger partial charge in [-0.15, -0.1) is 35.3 Å². The van der Waals surface area contributed by atoms with E-state index in [9.17, 15) is 0 Å². The van der Waals surface area contributed by atoms with Crippen molar-refractivity contribution in [3.05, 3.63) is 52.2 Å². The van der Waals surface area contributed by atoms with Gasteiger partial charge in [0, 0.05) is 30.2 Å². The van der Waals surface area contributed by atoms with Crippen LogP contribution in [0.15, 0.2) is 46.8 Å². The van der Waals surface area contributed by atoms with Crippen molar-refractivity contribution in [3.63, 3.8) is 0 Å². The third kappa shape index (κ3) is 6.85. The molecule has 0 amide bonds. The molecule has 0 saturated carbocycles. The fourth-order valence-electron chi connectivity index (χ4n) is 3.74. The van der Waals surface area contributed by atoms with Gasteiger partial charge in [0.15, 0.2) is 5.96 Å². The lowest BCUT2D eigenvalue weighted by atomic mass is 10.1. The predicted molar refractivity (Wildman–Crippen MR) is 142 cm³/mol. The van der Waals surface area contributed by atoms with E-state index < -0.39 is 0 Å². The Morgan fingerprint density at radius 3 is 2.60 bits per heavy atom. The largest absolute Gasteiger partial charge is 0.372 e. The van der Waals surface area contributed by atoms with Crippen LogP contribution in [0, 0.1) is 0 Å². The Morgan fingerprint density at radius 1 is 1.20 bits per heavy atom. The summed E-state index contributed by atoms with van der Waals surface area (Å²) in [5.74, 6) is 0.870. The molecule has 7 heteroatoms. The molecule has 0 radical (unpaired) electrons. The van der Waals surface area contributed by atoms with Crippen molar-refractivity contribution in [2.24, 2.45) is 4.99 Å². The van der Waals surface area contributed by atoms with Gasteiger partial charge < -0.3 is 20.4 Å². The van der Waals surface area contributed by atoms with E-state index in [1.165, 1.54) is 42.1 Å². The summed E-state index contributed by atoms with van der Waals surface area (Å²) in [6.45, 7) is 8.23. The Morgan fingerprint density at radius 2 is 1.97 bits per heavy atom. The van der Waals surface area contributed by atoms with Gasteiger partial charge in [0.05, 0.1) is 18.6 Å². The fourth-order valence-corrected chi connectivity index (χ4v) is 4.65. The first-order valence-electron chi connectivity index (χ1n) is 10.7. The maximum Gasteiger partial charge on any atom is 0.191 e. The van der Waals surface area contributed by atoms with Crippen LogP contribution in [0.25, 0.3) is 0 Å². The van der Waals surface area contributed by atoms with Crippen molar-refractivity contribution in [3.8, 4) is 0 Å². The minimum atomic E-state index is 0. The molecule has 2 aromatic rings. The lowest BCUT2D eigenvalue weighted by Crippen LogP contribution is -2.39. The Hall–Kier alpha value is -1.32. The van der Waals surface area contributed by atoms with Crippen molar-refractivity contribution in [1.82, 2.24) is 15.5 Å². The zero-order chi connectivity index (χ0) is 20.6. The molecule has 2 N–H and O–H groups in total. The van der Waals surface area contributed by atoms with Crippen molar-refractivity contribution < 1.29 is 0 Å². The lowest BCUT2D eigenvalue weighted by Gasteiger charge is -2.24. The average molecular weight is 542 g/mol. The van der Waals surface area contributed by atoms with Crippen LogP contribution < -0.4 is 15.5 Å². The van der Waals surface area contributed by atoms with E-state index in [-0.39, 0.29) is 30.0 Å². The highest BCUT2D eigenvalue weighted by Crippen LogP contribution is 2.25. The van der Waals surface area contributed by atoms with Gasteiger partial charge in [-0.05, 0) is 69.9 Å². The minimum absolute atomic E-state index is 0.